The Labute approximate surface area is 160 Å². The van der Waals surface area contributed by atoms with E-state index in [-0.39, 0.29) is 23.8 Å². The molecule has 2 saturated carbocycles. The van der Waals surface area contributed by atoms with Crippen molar-refractivity contribution >= 4 is 11.8 Å². The molecule has 1 heterocycles. The Bertz CT molecular complexity index is 740. The minimum atomic E-state index is -0.00707. The Kier molecular flexibility index (Phi) is 4.84. The fraction of sp³-hybridized carbons (Fsp3) is 0.619. The molecule has 0 radical (unpaired) electrons. The summed E-state index contributed by atoms with van der Waals surface area (Å²) in [5.74, 6) is 1.92. The third kappa shape index (κ3) is 3.20. The number of ether oxygens (including phenoxy) is 1. The Hall–Kier alpha value is -2.08. The maximum atomic E-state index is 13.0. The summed E-state index contributed by atoms with van der Waals surface area (Å²) in [4.78, 5) is 29.6. The quantitative estimate of drug-likeness (QED) is 0.877. The number of fused-ring (bicyclic) bond motifs is 2. The molecule has 0 aromatic heterocycles. The minimum Gasteiger partial charge on any atom is -0.496 e. The van der Waals surface area contributed by atoms with Gasteiger partial charge < -0.3 is 20.3 Å². The lowest BCUT2D eigenvalue weighted by atomic mass is 9.84. The summed E-state index contributed by atoms with van der Waals surface area (Å²) < 4.78 is 5.33. The first-order valence-electron chi connectivity index (χ1n) is 9.98. The average molecular weight is 371 g/mol. The molecule has 0 spiro atoms. The van der Waals surface area contributed by atoms with Crippen molar-refractivity contribution in [2.24, 2.45) is 23.5 Å². The van der Waals surface area contributed by atoms with Crippen LogP contribution in [0.1, 0.15) is 35.2 Å². The van der Waals surface area contributed by atoms with E-state index in [4.69, 9.17) is 10.5 Å². The number of hydrogen-bond donors (Lipinski definition) is 1. The molecule has 4 unspecified atom stereocenters. The summed E-state index contributed by atoms with van der Waals surface area (Å²) >= 11 is 0. The summed E-state index contributed by atoms with van der Waals surface area (Å²) in [5, 5.41) is 0. The molecule has 3 aliphatic rings. The molecule has 2 bridgehead atoms. The van der Waals surface area contributed by atoms with Crippen LogP contribution >= 0.6 is 0 Å². The number of carbonyl (C=O) groups excluding carboxylic acids is 2. The SMILES string of the molecule is COc1cc(C(=O)N2CCN(C(=O)C3C4CCC(C4)C3N)CC2)ccc1C. The van der Waals surface area contributed by atoms with E-state index in [1.165, 1.54) is 6.42 Å². The van der Waals surface area contributed by atoms with Gasteiger partial charge in [0.2, 0.25) is 5.91 Å². The molecular weight excluding hydrogens is 342 g/mol. The van der Waals surface area contributed by atoms with Crippen LogP contribution in [0.15, 0.2) is 18.2 Å². The van der Waals surface area contributed by atoms with E-state index in [1.807, 2.05) is 28.9 Å². The number of piperazine rings is 1. The van der Waals surface area contributed by atoms with Gasteiger partial charge in [-0.3, -0.25) is 9.59 Å². The number of methoxy groups -OCH3 is 1. The first-order valence-corrected chi connectivity index (χ1v) is 9.98. The predicted octanol–water partition coefficient (Wildman–Crippen LogP) is 1.66. The lowest BCUT2D eigenvalue weighted by Gasteiger charge is -2.38. The number of nitrogens with zero attached hydrogens (tertiary/aromatic N) is 2. The molecular formula is C21H29N3O3. The van der Waals surface area contributed by atoms with E-state index < -0.39 is 0 Å². The summed E-state index contributed by atoms with van der Waals surface area (Å²) in [6.07, 6.45) is 3.44. The number of rotatable bonds is 3. The normalized spacial score (nSPS) is 29.9. The largest absolute Gasteiger partial charge is 0.496 e. The maximum absolute atomic E-state index is 13.0. The predicted molar refractivity (Wildman–Crippen MR) is 103 cm³/mol. The third-order valence-corrected chi connectivity index (χ3v) is 6.80. The minimum absolute atomic E-state index is 0.00276. The highest BCUT2D eigenvalue weighted by Gasteiger charge is 2.50. The molecule has 4 atom stereocenters. The van der Waals surface area contributed by atoms with Gasteiger partial charge in [-0.2, -0.15) is 0 Å². The fourth-order valence-corrected chi connectivity index (χ4v) is 5.18. The molecule has 1 saturated heterocycles. The van der Waals surface area contributed by atoms with E-state index in [2.05, 4.69) is 0 Å². The molecule has 3 fully saturated rings. The topological polar surface area (TPSA) is 75.9 Å². The van der Waals surface area contributed by atoms with Gasteiger partial charge in [-0.1, -0.05) is 6.07 Å². The van der Waals surface area contributed by atoms with Crippen molar-refractivity contribution < 1.29 is 14.3 Å². The number of benzene rings is 1. The zero-order valence-corrected chi connectivity index (χ0v) is 16.2. The van der Waals surface area contributed by atoms with E-state index >= 15 is 0 Å². The Balaban J connectivity index is 1.37. The molecule has 2 aliphatic carbocycles. The third-order valence-electron chi connectivity index (χ3n) is 6.80. The van der Waals surface area contributed by atoms with Crippen molar-refractivity contribution in [3.63, 3.8) is 0 Å². The summed E-state index contributed by atoms with van der Waals surface area (Å²) in [7, 11) is 1.61. The molecule has 146 valence electrons. The maximum Gasteiger partial charge on any atom is 0.254 e. The standard InChI is InChI=1S/C21H29N3O3/c1-13-3-4-16(12-17(13)27-2)20(25)23-7-9-24(10-8-23)21(26)18-14-5-6-15(11-14)19(18)22/h3-4,12,14-15,18-19H,5-11,22H2,1-2H3. The monoisotopic (exact) mass is 371 g/mol. The molecule has 6 nitrogen and oxygen atoms in total. The highest BCUT2D eigenvalue weighted by atomic mass is 16.5. The van der Waals surface area contributed by atoms with Crippen molar-refractivity contribution in [1.82, 2.24) is 9.80 Å². The van der Waals surface area contributed by atoms with Gasteiger partial charge in [-0.25, -0.2) is 0 Å². The van der Waals surface area contributed by atoms with E-state index in [0.717, 1.165) is 24.2 Å². The van der Waals surface area contributed by atoms with Gasteiger partial charge in [0.25, 0.3) is 5.91 Å². The highest BCUT2D eigenvalue weighted by molar-refractivity contribution is 5.95. The zero-order valence-electron chi connectivity index (χ0n) is 16.2. The van der Waals surface area contributed by atoms with E-state index in [9.17, 15) is 9.59 Å². The second-order valence-corrected chi connectivity index (χ2v) is 8.24. The second kappa shape index (κ2) is 7.15. The Morgan fingerprint density at radius 1 is 1.07 bits per heavy atom. The van der Waals surface area contributed by atoms with Crippen LogP contribution in [0.25, 0.3) is 0 Å². The highest BCUT2D eigenvalue weighted by Crippen LogP contribution is 2.48. The lowest BCUT2D eigenvalue weighted by molar-refractivity contribution is -0.139. The van der Waals surface area contributed by atoms with Crippen molar-refractivity contribution in [2.75, 3.05) is 33.3 Å². The molecule has 1 aliphatic heterocycles. The van der Waals surface area contributed by atoms with Crippen LogP contribution in [0, 0.1) is 24.7 Å². The summed E-state index contributed by atoms with van der Waals surface area (Å²) in [5.41, 5.74) is 7.98. The molecule has 4 rings (SSSR count). The van der Waals surface area contributed by atoms with Gasteiger partial charge in [0.15, 0.2) is 0 Å². The number of carbonyl (C=O) groups is 2. The zero-order chi connectivity index (χ0) is 19.1. The van der Waals surface area contributed by atoms with Gasteiger partial charge in [-0.05, 0) is 55.7 Å². The van der Waals surface area contributed by atoms with E-state index in [1.54, 1.807) is 13.2 Å². The van der Waals surface area contributed by atoms with Crippen LogP contribution in [0.5, 0.6) is 5.75 Å². The van der Waals surface area contributed by atoms with Crippen LogP contribution in [0.4, 0.5) is 0 Å². The van der Waals surface area contributed by atoms with Gasteiger partial charge >= 0.3 is 0 Å². The second-order valence-electron chi connectivity index (χ2n) is 8.24. The molecule has 27 heavy (non-hydrogen) atoms. The smallest absolute Gasteiger partial charge is 0.254 e. The molecule has 2 amide bonds. The van der Waals surface area contributed by atoms with Crippen molar-refractivity contribution in [3.05, 3.63) is 29.3 Å². The van der Waals surface area contributed by atoms with Crippen LogP contribution in [-0.4, -0.2) is 60.9 Å². The first-order chi connectivity index (χ1) is 13.0. The van der Waals surface area contributed by atoms with Gasteiger partial charge in [0, 0.05) is 37.8 Å². The molecule has 1 aromatic rings. The summed E-state index contributed by atoms with van der Waals surface area (Å²) in [6, 6.07) is 5.56. The number of amides is 2. The van der Waals surface area contributed by atoms with Crippen molar-refractivity contribution in [2.45, 2.75) is 32.2 Å². The van der Waals surface area contributed by atoms with E-state index in [0.29, 0.717) is 43.6 Å². The van der Waals surface area contributed by atoms with Crippen LogP contribution in [-0.2, 0) is 4.79 Å². The van der Waals surface area contributed by atoms with Gasteiger partial charge in [-0.15, -0.1) is 0 Å². The van der Waals surface area contributed by atoms with Crippen LogP contribution in [0.3, 0.4) is 0 Å². The molecule has 1 aromatic carbocycles. The summed E-state index contributed by atoms with van der Waals surface area (Å²) in [6.45, 7) is 4.27. The fourth-order valence-electron chi connectivity index (χ4n) is 5.18. The van der Waals surface area contributed by atoms with Crippen LogP contribution in [0.2, 0.25) is 0 Å². The number of hydrogen-bond acceptors (Lipinski definition) is 4. The number of nitrogens with two attached hydrogens (primary N) is 1. The van der Waals surface area contributed by atoms with Gasteiger partial charge in [0.05, 0.1) is 13.0 Å². The Morgan fingerprint density at radius 2 is 1.74 bits per heavy atom. The molecule has 6 heteroatoms. The number of aryl methyl sites for hydroxylation is 1. The van der Waals surface area contributed by atoms with Gasteiger partial charge in [0.1, 0.15) is 5.75 Å². The Morgan fingerprint density at radius 3 is 2.37 bits per heavy atom. The lowest BCUT2D eigenvalue weighted by Crippen LogP contribution is -2.54. The van der Waals surface area contributed by atoms with Crippen molar-refractivity contribution in [3.8, 4) is 5.75 Å². The first kappa shape index (κ1) is 18.3. The van der Waals surface area contributed by atoms with Crippen LogP contribution < -0.4 is 10.5 Å². The average Bonchev–Trinajstić information content (AvgIpc) is 3.29. The molecule has 2 N–H and O–H groups in total. The van der Waals surface area contributed by atoms with Crippen molar-refractivity contribution in [1.29, 1.82) is 0 Å².